The largest absolute Gasteiger partial charge is 0.361 e. The van der Waals surface area contributed by atoms with E-state index in [0.717, 1.165) is 52.9 Å². The highest BCUT2D eigenvalue weighted by atomic mass is 19.1. The minimum Gasteiger partial charge on any atom is -0.361 e. The minimum absolute atomic E-state index is 0.236. The van der Waals surface area contributed by atoms with Gasteiger partial charge in [-0.3, -0.25) is 9.79 Å². The summed E-state index contributed by atoms with van der Waals surface area (Å²) in [5.74, 6) is 0.719. The number of amides is 1. The number of hydrogen-bond acceptors (Lipinski definition) is 2. The van der Waals surface area contributed by atoms with Crippen LogP contribution in [0.25, 0.3) is 10.9 Å². The van der Waals surface area contributed by atoms with Crippen LogP contribution in [-0.2, 0) is 24.3 Å². The van der Waals surface area contributed by atoms with Crippen molar-refractivity contribution in [2.75, 3.05) is 20.1 Å². The fraction of sp³-hybridized carbons (Fsp3) is 0.333. The van der Waals surface area contributed by atoms with Gasteiger partial charge in [-0.25, -0.2) is 4.39 Å². The van der Waals surface area contributed by atoms with Crippen molar-refractivity contribution in [3.8, 4) is 0 Å². The van der Waals surface area contributed by atoms with E-state index in [9.17, 15) is 9.18 Å². The van der Waals surface area contributed by atoms with Crippen molar-refractivity contribution in [3.63, 3.8) is 0 Å². The van der Waals surface area contributed by atoms with Gasteiger partial charge in [0.15, 0.2) is 5.96 Å². The average molecular weight is 422 g/mol. The molecule has 0 saturated carbocycles. The third-order valence-corrected chi connectivity index (χ3v) is 5.74. The molecule has 3 aromatic rings. The lowest BCUT2D eigenvalue weighted by atomic mass is 10.1. The van der Waals surface area contributed by atoms with Crippen LogP contribution in [0.5, 0.6) is 0 Å². The van der Waals surface area contributed by atoms with Gasteiger partial charge in [0.25, 0.3) is 0 Å². The quantitative estimate of drug-likeness (QED) is 0.405. The first-order valence-electron chi connectivity index (χ1n) is 10.7. The second kappa shape index (κ2) is 9.64. The van der Waals surface area contributed by atoms with Crippen molar-refractivity contribution < 1.29 is 9.18 Å². The average Bonchev–Trinajstić information content (AvgIpc) is 3.37. The van der Waals surface area contributed by atoms with Crippen LogP contribution < -0.4 is 10.6 Å². The first kappa shape index (κ1) is 20.9. The van der Waals surface area contributed by atoms with Crippen LogP contribution in [0.15, 0.2) is 53.7 Å². The molecule has 0 aliphatic carbocycles. The number of nitrogens with one attached hydrogen (secondary N) is 3. The monoisotopic (exact) mass is 421 g/mol. The molecule has 1 saturated heterocycles. The fourth-order valence-electron chi connectivity index (χ4n) is 4.04. The normalized spacial score (nSPS) is 14.5. The third-order valence-electron chi connectivity index (χ3n) is 5.74. The molecule has 1 aliphatic heterocycles. The predicted molar refractivity (Wildman–Crippen MR) is 121 cm³/mol. The van der Waals surface area contributed by atoms with Gasteiger partial charge in [-0.15, -0.1) is 0 Å². The lowest BCUT2D eigenvalue weighted by molar-refractivity contribution is -0.128. The molecule has 0 atom stereocenters. The second-order valence-electron chi connectivity index (χ2n) is 7.79. The molecule has 2 heterocycles. The SMILES string of the molecule is CN=C(NCCc1c[nH]c2cc(F)ccc12)NCc1ccccc1CN1CCCC1=O. The van der Waals surface area contributed by atoms with Gasteiger partial charge < -0.3 is 20.5 Å². The lowest BCUT2D eigenvalue weighted by Gasteiger charge is -2.19. The van der Waals surface area contributed by atoms with E-state index in [1.807, 2.05) is 29.3 Å². The van der Waals surface area contributed by atoms with Gasteiger partial charge in [0.2, 0.25) is 5.91 Å². The molecule has 1 aromatic heterocycles. The Morgan fingerprint density at radius 2 is 2.00 bits per heavy atom. The number of rotatable bonds is 7. The first-order chi connectivity index (χ1) is 15.1. The molecule has 3 N–H and O–H groups in total. The number of aromatic nitrogens is 1. The maximum atomic E-state index is 13.4. The Labute approximate surface area is 181 Å². The van der Waals surface area contributed by atoms with E-state index >= 15 is 0 Å². The topological polar surface area (TPSA) is 72.5 Å². The number of likely N-dealkylation sites (tertiary alicyclic amines) is 1. The Balaban J connectivity index is 1.31. The molecule has 0 unspecified atom stereocenters. The summed E-state index contributed by atoms with van der Waals surface area (Å²) in [5.41, 5.74) is 4.26. The van der Waals surface area contributed by atoms with Gasteiger partial charge >= 0.3 is 0 Å². The van der Waals surface area contributed by atoms with E-state index in [-0.39, 0.29) is 11.7 Å². The fourth-order valence-corrected chi connectivity index (χ4v) is 4.04. The molecule has 0 radical (unpaired) electrons. The Kier molecular flexibility index (Phi) is 6.50. The van der Waals surface area contributed by atoms with Crippen molar-refractivity contribution in [2.24, 2.45) is 4.99 Å². The summed E-state index contributed by atoms with van der Waals surface area (Å²) >= 11 is 0. The van der Waals surface area contributed by atoms with Gasteiger partial charge in [0, 0.05) is 56.7 Å². The summed E-state index contributed by atoms with van der Waals surface area (Å²) in [6.45, 7) is 2.83. The Morgan fingerprint density at radius 3 is 2.77 bits per heavy atom. The molecule has 2 aromatic carbocycles. The minimum atomic E-state index is -0.238. The molecular formula is C24H28FN5O. The lowest BCUT2D eigenvalue weighted by Crippen LogP contribution is -2.38. The number of nitrogens with zero attached hydrogens (tertiary/aromatic N) is 2. The molecule has 4 rings (SSSR count). The van der Waals surface area contributed by atoms with Crippen molar-refractivity contribution in [2.45, 2.75) is 32.4 Å². The zero-order chi connectivity index (χ0) is 21.6. The van der Waals surface area contributed by atoms with Crippen LogP contribution in [0.2, 0.25) is 0 Å². The van der Waals surface area contributed by atoms with E-state index in [0.29, 0.717) is 26.1 Å². The number of halogens is 1. The van der Waals surface area contributed by atoms with Crippen LogP contribution in [-0.4, -0.2) is 41.9 Å². The number of hydrogen-bond donors (Lipinski definition) is 3. The Bertz CT molecular complexity index is 1090. The van der Waals surface area contributed by atoms with Crippen LogP contribution in [0.4, 0.5) is 4.39 Å². The summed E-state index contributed by atoms with van der Waals surface area (Å²) in [5, 5.41) is 7.74. The number of H-pyrrole nitrogens is 1. The molecule has 7 heteroatoms. The summed E-state index contributed by atoms with van der Waals surface area (Å²) in [7, 11) is 1.75. The number of benzene rings is 2. The zero-order valence-electron chi connectivity index (χ0n) is 17.7. The maximum Gasteiger partial charge on any atom is 0.222 e. The molecule has 6 nitrogen and oxygen atoms in total. The van der Waals surface area contributed by atoms with Gasteiger partial charge in [0.05, 0.1) is 0 Å². The standard InChI is InChI=1S/C24H28FN5O/c1-26-24(27-11-10-18-15-28-22-13-20(25)8-9-21(18)22)29-14-17-5-2-3-6-19(17)16-30-12-4-7-23(30)31/h2-3,5-6,8-9,13,15,28H,4,7,10-12,14,16H2,1H3,(H2,26,27,29). The number of guanidine groups is 1. The molecule has 1 aliphatic rings. The van der Waals surface area contributed by atoms with E-state index in [4.69, 9.17) is 0 Å². The van der Waals surface area contributed by atoms with E-state index in [2.05, 4.69) is 32.7 Å². The molecule has 0 bridgehead atoms. The first-order valence-corrected chi connectivity index (χ1v) is 10.7. The second-order valence-corrected chi connectivity index (χ2v) is 7.79. The van der Waals surface area contributed by atoms with Crippen molar-refractivity contribution in [1.29, 1.82) is 0 Å². The molecule has 1 fully saturated rings. The maximum absolute atomic E-state index is 13.4. The highest BCUT2D eigenvalue weighted by Crippen LogP contribution is 2.19. The van der Waals surface area contributed by atoms with Gasteiger partial charge in [0.1, 0.15) is 5.82 Å². The van der Waals surface area contributed by atoms with E-state index < -0.39 is 0 Å². The zero-order valence-corrected chi connectivity index (χ0v) is 17.7. The summed E-state index contributed by atoms with van der Waals surface area (Å²) < 4.78 is 13.4. The van der Waals surface area contributed by atoms with Crippen molar-refractivity contribution in [1.82, 2.24) is 20.5 Å². The Morgan fingerprint density at radius 1 is 1.16 bits per heavy atom. The number of carbonyl (C=O) groups is 1. The van der Waals surface area contributed by atoms with Crippen LogP contribution in [0.3, 0.4) is 0 Å². The van der Waals surface area contributed by atoms with Crippen LogP contribution >= 0.6 is 0 Å². The molecular weight excluding hydrogens is 393 g/mol. The highest BCUT2D eigenvalue weighted by Gasteiger charge is 2.20. The third kappa shape index (κ3) is 5.05. The molecule has 1 amide bonds. The van der Waals surface area contributed by atoms with E-state index in [1.54, 1.807) is 7.05 Å². The number of carbonyl (C=O) groups excluding carboxylic acids is 1. The van der Waals surface area contributed by atoms with Crippen LogP contribution in [0, 0.1) is 5.82 Å². The molecule has 31 heavy (non-hydrogen) atoms. The van der Waals surface area contributed by atoms with Gasteiger partial charge in [-0.1, -0.05) is 24.3 Å². The summed E-state index contributed by atoms with van der Waals surface area (Å²) in [6, 6.07) is 13.0. The molecule has 0 spiro atoms. The summed E-state index contributed by atoms with van der Waals surface area (Å²) in [4.78, 5) is 21.3. The number of fused-ring (bicyclic) bond motifs is 1. The predicted octanol–water partition coefficient (Wildman–Crippen LogP) is 3.34. The smallest absolute Gasteiger partial charge is 0.222 e. The number of aromatic amines is 1. The van der Waals surface area contributed by atoms with Crippen molar-refractivity contribution in [3.05, 3.63) is 71.2 Å². The summed E-state index contributed by atoms with van der Waals surface area (Å²) in [6.07, 6.45) is 4.32. The Hall–Kier alpha value is -3.35. The van der Waals surface area contributed by atoms with E-state index in [1.165, 1.54) is 12.1 Å². The van der Waals surface area contributed by atoms with Gasteiger partial charge in [-0.2, -0.15) is 0 Å². The van der Waals surface area contributed by atoms with Crippen LogP contribution in [0.1, 0.15) is 29.5 Å². The van der Waals surface area contributed by atoms with Gasteiger partial charge in [-0.05, 0) is 47.7 Å². The molecule has 162 valence electrons. The highest BCUT2D eigenvalue weighted by molar-refractivity contribution is 5.83. The van der Waals surface area contributed by atoms with Crippen molar-refractivity contribution >= 4 is 22.8 Å². The number of aliphatic imine (C=N–C) groups is 1.